The Bertz CT molecular complexity index is 1170. The van der Waals surface area contributed by atoms with Crippen LogP contribution in [0.15, 0.2) is 76.5 Å². The number of hydrogen-bond acceptors (Lipinski definition) is 7. The highest BCUT2D eigenvalue weighted by Gasteiger charge is 2.24. The van der Waals surface area contributed by atoms with E-state index in [1.165, 1.54) is 18.4 Å². The predicted molar refractivity (Wildman–Crippen MR) is 116 cm³/mol. The topological polar surface area (TPSA) is 106 Å². The van der Waals surface area contributed by atoms with Crippen molar-refractivity contribution < 1.29 is 18.7 Å². The fraction of sp³-hybridized carbons (Fsp3) is 0.0909. The summed E-state index contributed by atoms with van der Waals surface area (Å²) in [4.78, 5) is 24.9. The van der Waals surface area contributed by atoms with E-state index in [1.807, 2.05) is 60.7 Å². The van der Waals surface area contributed by atoms with Gasteiger partial charge >= 0.3 is 12.0 Å². The second-order valence-corrected chi connectivity index (χ2v) is 7.32. The van der Waals surface area contributed by atoms with E-state index in [1.54, 1.807) is 11.4 Å². The summed E-state index contributed by atoms with van der Waals surface area (Å²) in [7, 11) is 1.29. The zero-order chi connectivity index (χ0) is 21.6. The number of amides is 2. The quantitative estimate of drug-likeness (QED) is 0.433. The van der Waals surface area contributed by atoms with Crippen molar-refractivity contribution in [3.63, 3.8) is 0 Å². The number of rotatable bonds is 6. The van der Waals surface area contributed by atoms with Crippen LogP contribution in [-0.4, -0.2) is 29.3 Å². The number of anilines is 1. The van der Waals surface area contributed by atoms with E-state index in [9.17, 15) is 9.59 Å². The van der Waals surface area contributed by atoms with Crippen molar-refractivity contribution in [2.75, 3.05) is 12.4 Å². The predicted octanol–water partition coefficient (Wildman–Crippen LogP) is 4.50. The lowest BCUT2D eigenvalue weighted by atomic mass is 10.1. The SMILES string of the molecule is COC(=O)c1sccc1NC(=O)N[C@H](c1ccccc1)c1nnc(-c2ccccc2)o1. The summed E-state index contributed by atoms with van der Waals surface area (Å²) < 4.78 is 10.6. The highest BCUT2D eigenvalue weighted by molar-refractivity contribution is 7.12. The molecule has 9 heteroatoms. The summed E-state index contributed by atoms with van der Waals surface area (Å²) in [5.74, 6) is 0.0672. The highest BCUT2D eigenvalue weighted by atomic mass is 32.1. The number of urea groups is 1. The van der Waals surface area contributed by atoms with E-state index in [0.717, 1.165) is 11.1 Å². The molecule has 2 heterocycles. The molecular weight excluding hydrogens is 416 g/mol. The van der Waals surface area contributed by atoms with Crippen molar-refractivity contribution in [1.29, 1.82) is 0 Å². The van der Waals surface area contributed by atoms with E-state index in [4.69, 9.17) is 9.15 Å². The monoisotopic (exact) mass is 434 g/mol. The molecule has 0 unspecified atom stereocenters. The largest absolute Gasteiger partial charge is 0.465 e. The van der Waals surface area contributed by atoms with Crippen molar-refractivity contribution in [2.45, 2.75) is 6.04 Å². The Morgan fingerprint density at radius 1 is 1.00 bits per heavy atom. The lowest BCUT2D eigenvalue weighted by molar-refractivity contribution is 0.0607. The van der Waals surface area contributed by atoms with E-state index in [-0.39, 0.29) is 5.89 Å². The van der Waals surface area contributed by atoms with Crippen LogP contribution in [0.4, 0.5) is 10.5 Å². The first kappa shape index (κ1) is 20.3. The number of nitrogens with zero attached hydrogens (tertiary/aromatic N) is 2. The zero-order valence-corrected chi connectivity index (χ0v) is 17.3. The van der Waals surface area contributed by atoms with Crippen LogP contribution in [0.3, 0.4) is 0 Å². The Morgan fingerprint density at radius 3 is 2.42 bits per heavy atom. The van der Waals surface area contributed by atoms with Gasteiger partial charge in [0.2, 0.25) is 11.8 Å². The number of ether oxygens (including phenoxy) is 1. The maximum atomic E-state index is 12.7. The number of benzene rings is 2. The first-order valence-electron chi connectivity index (χ1n) is 9.33. The van der Waals surface area contributed by atoms with Crippen LogP contribution in [0.1, 0.15) is 27.2 Å². The van der Waals surface area contributed by atoms with Crippen LogP contribution in [0.25, 0.3) is 11.5 Å². The third-order valence-corrected chi connectivity index (χ3v) is 5.30. The molecule has 4 rings (SSSR count). The molecule has 2 aromatic carbocycles. The van der Waals surface area contributed by atoms with Gasteiger partial charge in [-0.15, -0.1) is 21.5 Å². The van der Waals surface area contributed by atoms with Crippen molar-refractivity contribution in [3.05, 3.63) is 88.4 Å². The average molecular weight is 434 g/mol. The van der Waals surface area contributed by atoms with E-state index in [2.05, 4.69) is 20.8 Å². The number of aromatic nitrogens is 2. The van der Waals surface area contributed by atoms with E-state index < -0.39 is 18.0 Å². The van der Waals surface area contributed by atoms with Gasteiger partial charge in [-0.05, 0) is 29.1 Å². The summed E-state index contributed by atoms with van der Waals surface area (Å²) in [5.41, 5.74) is 1.90. The number of nitrogens with one attached hydrogen (secondary N) is 2. The lowest BCUT2D eigenvalue weighted by Gasteiger charge is -2.16. The van der Waals surface area contributed by atoms with Crippen LogP contribution >= 0.6 is 11.3 Å². The molecule has 0 bridgehead atoms. The van der Waals surface area contributed by atoms with Crippen molar-refractivity contribution in [3.8, 4) is 11.5 Å². The van der Waals surface area contributed by atoms with Crippen molar-refractivity contribution in [1.82, 2.24) is 15.5 Å². The van der Waals surface area contributed by atoms with Gasteiger partial charge in [-0.3, -0.25) is 0 Å². The van der Waals surface area contributed by atoms with Crippen LogP contribution in [0, 0.1) is 0 Å². The minimum Gasteiger partial charge on any atom is -0.465 e. The van der Waals surface area contributed by atoms with Gasteiger partial charge < -0.3 is 19.8 Å². The minimum absolute atomic E-state index is 0.235. The third-order valence-electron chi connectivity index (χ3n) is 4.40. The Labute approximate surface area is 181 Å². The summed E-state index contributed by atoms with van der Waals surface area (Å²) in [5, 5.41) is 15.5. The molecule has 4 aromatic rings. The van der Waals surface area contributed by atoms with E-state index >= 15 is 0 Å². The molecule has 156 valence electrons. The Kier molecular flexibility index (Phi) is 6.04. The number of thiophene rings is 1. The van der Waals surface area contributed by atoms with Gasteiger partial charge in [0.15, 0.2) is 0 Å². The van der Waals surface area contributed by atoms with Gasteiger partial charge in [-0.1, -0.05) is 48.5 Å². The number of carbonyl (C=O) groups is 2. The van der Waals surface area contributed by atoms with Gasteiger partial charge in [0.25, 0.3) is 0 Å². The van der Waals surface area contributed by atoms with Crippen molar-refractivity contribution in [2.24, 2.45) is 0 Å². The molecule has 31 heavy (non-hydrogen) atoms. The Morgan fingerprint density at radius 2 is 1.71 bits per heavy atom. The molecule has 0 spiro atoms. The highest BCUT2D eigenvalue weighted by Crippen LogP contribution is 2.26. The summed E-state index contributed by atoms with van der Waals surface area (Å²) in [6.45, 7) is 0. The molecule has 1 atom stereocenters. The second kappa shape index (κ2) is 9.23. The van der Waals surface area contributed by atoms with E-state index in [0.29, 0.717) is 16.5 Å². The molecule has 0 aliphatic rings. The normalized spacial score (nSPS) is 11.5. The van der Waals surface area contributed by atoms with Gasteiger partial charge in [0.05, 0.1) is 12.8 Å². The van der Waals surface area contributed by atoms with Gasteiger partial charge in [-0.25, -0.2) is 9.59 Å². The molecule has 0 radical (unpaired) electrons. The Balaban J connectivity index is 1.59. The first-order valence-corrected chi connectivity index (χ1v) is 10.2. The fourth-order valence-corrected chi connectivity index (χ4v) is 3.70. The number of methoxy groups -OCH3 is 1. The van der Waals surface area contributed by atoms with Crippen molar-refractivity contribution >= 4 is 29.0 Å². The van der Waals surface area contributed by atoms with Crippen LogP contribution in [0.2, 0.25) is 0 Å². The molecule has 0 saturated heterocycles. The minimum atomic E-state index is -0.689. The maximum absolute atomic E-state index is 12.7. The van der Waals surface area contributed by atoms with Gasteiger partial charge in [-0.2, -0.15) is 0 Å². The molecule has 2 aromatic heterocycles. The number of hydrogen-bond donors (Lipinski definition) is 2. The van der Waals surface area contributed by atoms with Gasteiger partial charge in [0.1, 0.15) is 10.9 Å². The fourth-order valence-electron chi connectivity index (χ4n) is 2.93. The number of esters is 1. The first-order chi connectivity index (χ1) is 15.2. The molecule has 0 fully saturated rings. The zero-order valence-electron chi connectivity index (χ0n) is 16.4. The van der Waals surface area contributed by atoms with Gasteiger partial charge in [0, 0.05) is 5.56 Å². The molecular formula is C22H18N4O4S. The lowest BCUT2D eigenvalue weighted by Crippen LogP contribution is -2.33. The third kappa shape index (κ3) is 4.62. The Hall–Kier alpha value is -3.98. The van der Waals surface area contributed by atoms with Crippen LogP contribution in [-0.2, 0) is 4.74 Å². The number of carbonyl (C=O) groups excluding carboxylic acids is 2. The summed E-state index contributed by atoms with van der Waals surface area (Å²) in [6, 6.07) is 19.1. The maximum Gasteiger partial charge on any atom is 0.350 e. The molecule has 0 saturated carbocycles. The van der Waals surface area contributed by atoms with Crippen LogP contribution in [0.5, 0.6) is 0 Å². The van der Waals surface area contributed by atoms with Crippen LogP contribution < -0.4 is 10.6 Å². The molecule has 2 amide bonds. The molecule has 0 aliphatic heterocycles. The summed E-state index contributed by atoms with van der Waals surface area (Å²) in [6.07, 6.45) is 0. The molecule has 8 nitrogen and oxygen atoms in total. The molecule has 0 aliphatic carbocycles. The smallest absolute Gasteiger partial charge is 0.350 e. The second-order valence-electron chi connectivity index (χ2n) is 6.41. The standard InChI is InChI=1S/C22H18N4O4S/c1-29-21(27)18-16(12-13-31-18)23-22(28)24-17(14-8-4-2-5-9-14)20-26-25-19(30-20)15-10-6-3-7-11-15/h2-13,17H,1H3,(H2,23,24,28)/t17-/m1/s1. The molecule has 2 N–H and O–H groups in total. The average Bonchev–Trinajstić information content (AvgIpc) is 3.48. The summed E-state index contributed by atoms with van der Waals surface area (Å²) >= 11 is 1.18.